The van der Waals surface area contributed by atoms with Crippen molar-refractivity contribution in [3.63, 3.8) is 0 Å². The largest absolute Gasteiger partial charge is 0.457 e. The monoisotopic (exact) mass is 524 g/mol. The lowest BCUT2D eigenvalue weighted by atomic mass is 10.1. The summed E-state index contributed by atoms with van der Waals surface area (Å²) < 4.78 is 7.93. The fraction of sp³-hybridized carbons (Fsp3) is 0.300. The Labute approximate surface area is 226 Å². The van der Waals surface area contributed by atoms with Crippen molar-refractivity contribution < 1.29 is 9.53 Å². The van der Waals surface area contributed by atoms with Crippen LogP contribution in [-0.2, 0) is 4.79 Å². The first-order valence-corrected chi connectivity index (χ1v) is 13.5. The van der Waals surface area contributed by atoms with Gasteiger partial charge in [-0.05, 0) is 62.2 Å². The van der Waals surface area contributed by atoms with E-state index in [0.717, 1.165) is 49.4 Å². The van der Waals surface area contributed by atoms with Crippen LogP contribution in [0.5, 0.6) is 11.5 Å². The first-order valence-electron chi connectivity index (χ1n) is 13.5. The van der Waals surface area contributed by atoms with E-state index < -0.39 is 0 Å². The lowest BCUT2D eigenvalue weighted by Crippen LogP contribution is -2.40. The van der Waals surface area contributed by atoms with E-state index in [4.69, 9.17) is 10.5 Å². The molecule has 3 N–H and O–H groups in total. The van der Waals surface area contributed by atoms with Crippen molar-refractivity contribution in [2.75, 3.05) is 38.5 Å². The van der Waals surface area contributed by atoms with E-state index in [1.807, 2.05) is 76.3 Å². The Balaban J connectivity index is 1.28. The highest BCUT2D eigenvalue weighted by atomic mass is 16.5. The van der Waals surface area contributed by atoms with Gasteiger partial charge in [0.15, 0.2) is 5.82 Å². The molecule has 2 aromatic carbocycles. The predicted octanol–water partition coefficient (Wildman–Crippen LogP) is 4.19. The molecule has 0 saturated carbocycles. The van der Waals surface area contributed by atoms with E-state index in [0.29, 0.717) is 29.7 Å². The van der Waals surface area contributed by atoms with Gasteiger partial charge in [-0.15, -0.1) is 0 Å². The van der Waals surface area contributed by atoms with Crippen LogP contribution < -0.4 is 16.0 Å². The van der Waals surface area contributed by atoms with Gasteiger partial charge in [-0.1, -0.05) is 36.4 Å². The van der Waals surface area contributed by atoms with Gasteiger partial charge in [-0.3, -0.25) is 14.5 Å². The van der Waals surface area contributed by atoms with Gasteiger partial charge in [0.25, 0.3) is 5.56 Å². The van der Waals surface area contributed by atoms with Crippen LogP contribution in [0.25, 0.3) is 22.0 Å². The number of nitrogens with one attached hydrogen (secondary N) is 1. The molecular weight excluding hydrogens is 492 g/mol. The van der Waals surface area contributed by atoms with Crippen molar-refractivity contribution >= 4 is 22.6 Å². The number of nitrogens with zero attached hydrogens (tertiary/aromatic N) is 4. The molecular formula is C30H32N6O3. The third-order valence-electron chi connectivity index (χ3n) is 7.60. The molecule has 9 nitrogen and oxygen atoms in total. The number of aromatic amines is 1. The molecule has 200 valence electrons. The van der Waals surface area contributed by atoms with E-state index in [-0.39, 0.29) is 23.3 Å². The molecule has 2 aliphatic heterocycles. The Morgan fingerprint density at radius 2 is 1.82 bits per heavy atom. The van der Waals surface area contributed by atoms with E-state index in [9.17, 15) is 9.59 Å². The number of hydrogen-bond donors (Lipinski definition) is 2. The van der Waals surface area contributed by atoms with Gasteiger partial charge in [0.1, 0.15) is 17.0 Å². The standard InChI is InChI=1S/C30H32N6O3/c31-29-27-25(21-11-13-24(14-12-21)39-23-8-2-1-3-9-23)20-36(28(27)30(38)33-32-29)22-7-4-18-35(19-22)26(37)10-5-15-34-16-6-17-34/h1-3,5,8-14,20,22H,4,6-7,15-19H2,(H2,31,32)(H,33,38)/t22-/m1/s1. The summed E-state index contributed by atoms with van der Waals surface area (Å²) in [6.45, 7) is 4.25. The molecule has 2 aliphatic rings. The maximum absolute atomic E-state index is 13.0. The smallest absolute Gasteiger partial charge is 0.288 e. The number of likely N-dealkylation sites (tertiary alicyclic amines) is 2. The molecule has 9 heteroatoms. The molecule has 1 amide bonds. The van der Waals surface area contributed by atoms with Crippen LogP contribution in [0.15, 0.2) is 77.7 Å². The van der Waals surface area contributed by atoms with Crippen molar-refractivity contribution in [1.82, 2.24) is 24.6 Å². The molecule has 2 saturated heterocycles. The molecule has 4 aromatic rings. The summed E-state index contributed by atoms with van der Waals surface area (Å²) in [6.07, 6.45) is 8.56. The number of rotatable bonds is 7. The van der Waals surface area contributed by atoms with Gasteiger partial charge in [0, 0.05) is 37.5 Å². The van der Waals surface area contributed by atoms with Crippen molar-refractivity contribution in [2.24, 2.45) is 0 Å². The molecule has 0 radical (unpaired) electrons. The summed E-state index contributed by atoms with van der Waals surface area (Å²) in [5.74, 6) is 1.75. The summed E-state index contributed by atoms with van der Waals surface area (Å²) in [7, 11) is 0. The maximum atomic E-state index is 13.0. The Morgan fingerprint density at radius 1 is 1.05 bits per heavy atom. The molecule has 2 fully saturated rings. The van der Waals surface area contributed by atoms with Crippen LogP contribution in [-0.4, -0.2) is 63.2 Å². The number of piperidine rings is 1. The number of nitrogens with two attached hydrogens (primary N) is 1. The second kappa shape index (κ2) is 10.8. The zero-order valence-corrected chi connectivity index (χ0v) is 21.8. The van der Waals surface area contributed by atoms with Gasteiger partial charge in [0.05, 0.1) is 11.4 Å². The molecule has 4 heterocycles. The molecule has 6 rings (SSSR count). The van der Waals surface area contributed by atoms with E-state index in [1.54, 1.807) is 6.08 Å². The number of ether oxygens (including phenoxy) is 1. The summed E-state index contributed by atoms with van der Waals surface area (Å²) >= 11 is 0. The number of carbonyl (C=O) groups is 1. The number of anilines is 1. The normalized spacial score (nSPS) is 17.9. The van der Waals surface area contributed by atoms with Crippen molar-refractivity contribution in [3.05, 3.63) is 83.3 Å². The Hall–Kier alpha value is -4.37. The van der Waals surface area contributed by atoms with Crippen LogP contribution in [0, 0.1) is 0 Å². The van der Waals surface area contributed by atoms with Crippen LogP contribution in [0.2, 0.25) is 0 Å². The van der Waals surface area contributed by atoms with Crippen LogP contribution in [0.3, 0.4) is 0 Å². The molecule has 0 spiro atoms. The Bertz CT molecular complexity index is 1550. The number of carbonyl (C=O) groups excluding carboxylic acids is 1. The second-order valence-electron chi connectivity index (χ2n) is 10.2. The van der Waals surface area contributed by atoms with Crippen LogP contribution in [0.4, 0.5) is 5.82 Å². The van der Waals surface area contributed by atoms with Crippen molar-refractivity contribution in [3.8, 4) is 22.6 Å². The highest BCUT2D eigenvalue weighted by Crippen LogP contribution is 2.36. The Kier molecular flexibility index (Phi) is 6.89. The van der Waals surface area contributed by atoms with Gasteiger partial charge >= 0.3 is 0 Å². The van der Waals surface area contributed by atoms with E-state index >= 15 is 0 Å². The van der Waals surface area contributed by atoms with Crippen LogP contribution >= 0.6 is 0 Å². The molecule has 0 bridgehead atoms. The minimum absolute atomic E-state index is 0.0148. The molecule has 39 heavy (non-hydrogen) atoms. The van der Waals surface area contributed by atoms with Gasteiger partial charge < -0.3 is 19.9 Å². The minimum atomic E-state index is -0.299. The number of amides is 1. The van der Waals surface area contributed by atoms with E-state index in [1.165, 1.54) is 6.42 Å². The summed E-state index contributed by atoms with van der Waals surface area (Å²) in [6, 6.07) is 17.3. The number of H-pyrrole nitrogens is 1. The third-order valence-corrected chi connectivity index (χ3v) is 7.60. The number of benzene rings is 2. The van der Waals surface area contributed by atoms with E-state index in [2.05, 4.69) is 15.1 Å². The number of fused-ring (bicyclic) bond motifs is 1. The second-order valence-corrected chi connectivity index (χ2v) is 10.2. The first-order chi connectivity index (χ1) is 19.1. The number of nitrogen functional groups attached to an aromatic ring is 1. The minimum Gasteiger partial charge on any atom is -0.457 e. The maximum Gasteiger partial charge on any atom is 0.288 e. The average molecular weight is 525 g/mol. The summed E-state index contributed by atoms with van der Waals surface area (Å²) in [5, 5.41) is 7.21. The van der Waals surface area contributed by atoms with Gasteiger partial charge in [-0.25, -0.2) is 5.10 Å². The predicted molar refractivity (Wildman–Crippen MR) is 152 cm³/mol. The quantitative estimate of drug-likeness (QED) is 0.351. The highest BCUT2D eigenvalue weighted by Gasteiger charge is 2.27. The summed E-state index contributed by atoms with van der Waals surface area (Å²) in [5.41, 5.74) is 8.22. The molecule has 0 aliphatic carbocycles. The third kappa shape index (κ3) is 5.18. The van der Waals surface area contributed by atoms with Crippen molar-refractivity contribution in [1.29, 1.82) is 0 Å². The SMILES string of the molecule is Nc1n[nH]c(=O)c2c1c(-c1ccc(Oc3ccccc3)cc1)cn2[C@@H]1CCCN(C(=O)C=CCN2CCC2)C1. The molecule has 1 atom stereocenters. The van der Waals surface area contributed by atoms with Crippen LogP contribution in [0.1, 0.15) is 25.3 Å². The summed E-state index contributed by atoms with van der Waals surface area (Å²) in [4.78, 5) is 30.2. The van der Waals surface area contributed by atoms with Gasteiger partial charge in [-0.2, -0.15) is 5.10 Å². The fourth-order valence-electron chi connectivity index (χ4n) is 5.42. The highest BCUT2D eigenvalue weighted by molar-refractivity contribution is 6.02. The lowest BCUT2D eigenvalue weighted by molar-refractivity contribution is -0.127. The zero-order chi connectivity index (χ0) is 26.8. The van der Waals surface area contributed by atoms with Crippen molar-refractivity contribution in [2.45, 2.75) is 25.3 Å². The number of para-hydroxylation sites is 1. The van der Waals surface area contributed by atoms with Gasteiger partial charge in [0.2, 0.25) is 5.91 Å². The average Bonchev–Trinajstić information content (AvgIpc) is 3.35. The molecule has 2 aromatic heterocycles. The molecule has 0 unspecified atom stereocenters. The fourth-order valence-corrected chi connectivity index (χ4v) is 5.42. The number of aromatic nitrogens is 3. The first kappa shape index (κ1) is 24.9. The number of hydrogen-bond acceptors (Lipinski definition) is 6. The zero-order valence-electron chi connectivity index (χ0n) is 21.8. The topological polar surface area (TPSA) is 109 Å². The Morgan fingerprint density at radius 3 is 2.56 bits per heavy atom. The lowest BCUT2D eigenvalue weighted by Gasteiger charge is -2.33.